The van der Waals surface area contributed by atoms with Crippen LogP contribution in [0.2, 0.25) is 0 Å². The molecule has 4 N–H and O–H groups in total. The number of nitrogens with one attached hydrogen (secondary N) is 2. The summed E-state index contributed by atoms with van der Waals surface area (Å²) >= 11 is 1.40. The average Bonchev–Trinajstić information content (AvgIpc) is 2.72. The monoisotopic (exact) mass is 268 g/mol. The fourth-order valence-corrected chi connectivity index (χ4v) is 2.83. The number of nitrogens with zero attached hydrogens (tertiary/aromatic N) is 1. The summed E-state index contributed by atoms with van der Waals surface area (Å²) in [6.07, 6.45) is 0.952. The maximum absolute atomic E-state index is 11.4. The van der Waals surface area contributed by atoms with Crippen molar-refractivity contribution in [1.29, 1.82) is 0 Å². The maximum atomic E-state index is 11.4. The summed E-state index contributed by atoms with van der Waals surface area (Å²) in [6.45, 7) is 2.72. The summed E-state index contributed by atoms with van der Waals surface area (Å²) < 4.78 is 0. The van der Waals surface area contributed by atoms with E-state index in [1.807, 2.05) is 6.07 Å². The Labute approximate surface area is 109 Å². The third-order valence-corrected chi connectivity index (χ3v) is 3.81. The van der Waals surface area contributed by atoms with Gasteiger partial charge in [-0.2, -0.15) is 0 Å². The van der Waals surface area contributed by atoms with Gasteiger partial charge in [0.25, 0.3) is 5.91 Å². The Morgan fingerprint density at radius 2 is 2.39 bits per heavy atom. The predicted molar refractivity (Wildman–Crippen MR) is 68.9 cm³/mol. The largest absolute Gasteiger partial charge is 0.355 e. The summed E-state index contributed by atoms with van der Waals surface area (Å²) in [5.74, 6) is 4.86. The van der Waals surface area contributed by atoms with Gasteiger partial charge in [0.05, 0.1) is 11.4 Å². The number of rotatable bonds is 3. The molecule has 0 atom stereocenters. The highest BCUT2D eigenvalue weighted by Gasteiger charge is 2.16. The molecule has 0 spiro atoms. The van der Waals surface area contributed by atoms with Gasteiger partial charge in [0, 0.05) is 24.5 Å². The SMILES string of the molecule is NNC(=O)c1ccc(CN2CCCNC(=O)C2)s1. The van der Waals surface area contributed by atoms with Crippen molar-refractivity contribution >= 4 is 23.2 Å². The lowest BCUT2D eigenvalue weighted by Gasteiger charge is -2.16. The van der Waals surface area contributed by atoms with Crippen LogP contribution in [-0.4, -0.2) is 36.3 Å². The Hall–Kier alpha value is -1.44. The van der Waals surface area contributed by atoms with Crippen molar-refractivity contribution in [1.82, 2.24) is 15.6 Å². The van der Waals surface area contributed by atoms with Crippen LogP contribution in [-0.2, 0) is 11.3 Å². The lowest BCUT2D eigenvalue weighted by atomic mass is 10.3. The van der Waals surface area contributed by atoms with Gasteiger partial charge < -0.3 is 5.32 Å². The Kier molecular flexibility index (Phi) is 4.29. The molecule has 1 saturated heterocycles. The Balaban J connectivity index is 1.98. The van der Waals surface area contributed by atoms with Crippen LogP contribution in [0, 0.1) is 0 Å². The summed E-state index contributed by atoms with van der Waals surface area (Å²) in [4.78, 5) is 26.5. The maximum Gasteiger partial charge on any atom is 0.275 e. The van der Waals surface area contributed by atoms with Gasteiger partial charge in [-0.1, -0.05) is 0 Å². The number of thiophene rings is 1. The van der Waals surface area contributed by atoms with Gasteiger partial charge in [0.15, 0.2) is 0 Å². The average molecular weight is 268 g/mol. The van der Waals surface area contributed by atoms with Gasteiger partial charge >= 0.3 is 0 Å². The van der Waals surface area contributed by atoms with Gasteiger partial charge in [0.2, 0.25) is 5.91 Å². The smallest absolute Gasteiger partial charge is 0.275 e. The molecule has 0 saturated carbocycles. The van der Waals surface area contributed by atoms with Crippen LogP contribution in [0.5, 0.6) is 0 Å². The van der Waals surface area contributed by atoms with Crippen LogP contribution < -0.4 is 16.6 Å². The number of carbonyl (C=O) groups is 2. The highest BCUT2D eigenvalue weighted by atomic mass is 32.1. The second-order valence-corrected chi connectivity index (χ2v) is 5.32. The molecule has 0 aromatic carbocycles. The molecule has 1 aliphatic rings. The van der Waals surface area contributed by atoms with Crippen LogP contribution in [0.4, 0.5) is 0 Å². The molecule has 7 heteroatoms. The van der Waals surface area contributed by atoms with E-state index < -0.39 is 0 Å². The molecule has 6 nitrogen and oxygen atoms in total. The minimum Gasteiger partial charge on any atom is -0.355 e. The molecule has 0 aliphatic carbocycles. The topological polar surface area (TPSA) is 87.5 Å². The first kappa shape index (κ1) is 13.0. The second-order valence-electron chi connectivity index (χ2n) is 4.15. The zero-order valence-electron chi connectivity index (χ0n) is 9.94. The molecule has 1 aliphatic heterocycles. The van der Waals surface area contributed by atoms with E-state index in [9.17, 15) is 9.59 Å². The third-order valence-electron chi connectivity index (χ3n) is 2.74. The first-order chi connectivity index (χ1) is 8.69. The van der Waals surface area contributed by atoms with E-state index >= 15 is 0 Å². The Bertz CT molecular complexity index is 446. The predicted octanol–water partition coefficient (Wildman–Crippen LogP) is -0.327. The van der Waals surface area contributed by atoms with Crippen molar-refractivity contribution in [3.63, 3.8) is 0 Å². The Morgan fingerprint density at radius 3 is 3.17 bits per heavy atom. The first-order valence-electron chi connectivity index (χ1n) is 5.78. The van der Waals surface area contributed by atoms with E-state index in [2.05, 4.69) is 15.6 Å². The number of amides is 2. The molecule has 18 heavy (non-hydrogen) atoms. The number of nitrogen functional groups attached to an aromatic ring is 1. The minimum atomic E-state index is -0.278. The van der Waals surface area contributed by atoms with E-state index in [0.717, 1.165) is 24.4 Å². The van der Waals surface area contributed by atoms with Crippen molar-refractivity contribution in [3.05, 3.63) is 21.9 Å². The molecule has 0 bridgehead atoms. The van der Waals surface area contributed by atoms with Crippen molar-refractivity contribution in [2.75, 3.05) is 19.6 Å². The van der Waals surface area contributed by atoms with Crippen molar-refractivity contribution < 1.29 is 9.59 Å². The lowest BCUT2D eigenvalue weighted by Crippen LogP contribution is -2.32. The number of carbonyl (C=O) groups excluding carboxylic acids is 2. The lowest BCUT2D eigenvalue weighted by molar-refractivity contribution is -0.121. The van der Waals surface area contributed by atoms with Crippen molar-refractivity contribution in [2.24, 2.45) is 5.84 Å². The minimum absolute atomic E-state index is 0.0592. The van der Waals surface area contributed by atoms with Crippen LogP contribution >= 0.6 is 11.3 Å². The second kappa shape index (κ2) is 5.94. The number of hydrogen-bond donors (Lipinski definition) is 3. The quantitative estimate of drug-likeness (QED) is 0.398. The molecule has 1 aromatic rings. The van der Waals surface area contributed by atoms with E-state index in [0.29, 0.717) is 18.0 Å². The number of hydrogen-bond acceptors (Lipinski definition) is 5. The molecular formula is C11H16N4O2S. The zero-order valence-corrected chi connectivity index (χ0v) is 10.8. The molecule has 2 heterocycles. The summed E-state index contributed by atoms with van der Waals surface area (Å²) in [6, 6.07) is 3.65. The third kappa shape index (κ3) is 3.28. The van der Waals surface area contributed by atoms with E-state index in [-0.39, 0.29) is 11.8 Å². The van der Waals surface area contributed by atoms with Crippen LogP contribution in [0.15, 0.2) is 12.1 Å². The molecule has 98 valence electrons. The van der Waals surface area contributed by atoms with E-state index in [1.54, 1.807) is 6.07 Å². The highest BCUT2D eigenvalue weighted by Crippen LogP contribution is 2.18. The van der Waals surface area contributed by atoms with Crippen molar-refractivity contribution in [2.45, 2.75) is 13.0 Å². The fourth-order valence-electron chi connectivity index (χ4n) is 1.88. The molecular weight excluding hydrogens is 252 g/mol. The molecule has 0 unspecified atom stereocenters. The fraction of sp³-hybridized carbons (Fsp3) is 0.455. The van der Waals surface area contributed by atoms with E-state index in [4.69, 9.17) is 5.84 Å². The standard InChI is InChI=1S/C11H16N4O2S/c12-14-11(17)9-3-2-8(18-9)6-15-5-1-4-13-10(16)7-15/h2-3H,1,4-7,12H2,(H,13,16)(H,14,17). The van der Waals surface area contributed by atoms with Gasteiger partial charge in [-0.3, -0.25) is 19.9 Å². The molecule has 0 radical (unpaired) electrons. The zero-order chi connectivity index (χ0) is 13.0. The molecule has 1 fully saturated rings. The van der Waals surface area contributed by atoms with Crippen LogP contribution in [0.25, 0.3) is 0 Å². The number of nitrogens with two attached hydrogens (primary N) is 1. The molecule has 2 amide bonds. The Morgan fingerprint density at radius 1 is 1.56 bits per heavy atom. The normalized spacial score (nSPS) is 17.1. The highest BCUT2D eigenvalue weighted by molar-refractivity contribution is 7.14. The molecule has 2 rings (SSSR count). The van der Waals surface area contributed by atoms with Gasteiger partial charge in [0.1, 0.15) is 0 Å². The van der Waals surface area contributed by atoms with E-state index in [1.165, 1.54) is 11.3 Å². The molecule has 1 aromatic heterocycles. The van der Waals surface area contributed by atoms with Crippen LogP contribution in [0.1, 0.15) is 21.0 Å². The first-order valence-corrected chi connectivity index (χ1v) is 6.59. The summed E-state index contributed by atoms with van der Waals surface area (Å²) in [5.41, 5.74) is 2.11. The van der Waals surface area contributed by atoms with Crippen LogP contribution in [0.3, 0.4) is 0 Å². The van der Waals surface area contributed by atoms with Gasteiger partial charge in [-0.25, -0.2) is 5.84 Å². The number of hydrazine groups is 1. The summed E-state index contributed by atoms with van der Waals surface area (Å²) in [5, 5.41) is 2.83. The van der Waals surface area contributed by atoms with Gasteiger partial charge in [-0.15, -0.1) is 11.3 Å². The van der Waals surface area contributed by atoms with Crippen molar-refractivity contribution in [3.8, 4) is 0 Å². The summed E-state index contributed by atoms with van der Waals surface area (Å²) in [7, 11) is 0. The van der Waals surface area contributed by atoms with Gasteiger partial charge in [-0.05, 0) is 18.6 Å².